The fourth-order valence-corrected chi connectivity index (χ4v) is 2.45. The fraction of sp³-hybridized carbons (Fsp3) is 0.368. The van der Waals surface area contributed by atoms with Gasteiger partial charge in [-0.3, -0.25) is 9.59 Å². The zero-order valence-electron chi connectivity index (χ0n) is 14.6. The van der Waals surface area contributed by atoms with Crippen LogP contribution in [-0.4, -0.2) is 17.0 Å². The van der Waals surface area contributed by atoms with E-state index in [-0.39, 0.29) is 0 Å². The van der Waals surface area contributed by atoms with Gasteiger partial charge in [-0.1, -0.05) is 38.1 Å². The summed E-state index contributed by atoms with van der Waals surface area (Å²) in [4.78, 5) is 23.5. The first kappa shape index (κ1) is 19.8. The summed E-state index contributed by atoms with van der Waals surface area (Å²) in [6.45, 7) is 4.10. The van der Waals surface area contributed by atoms with Gasteiger partial charge in [0.2, 0.25) is 5.91 Å². The molecule has 1 heterocycles. The Balaban J connectivity index is 1.90. The van der Waals surface area contributed by atoms with Crippen LogP contribution in [0.1, 0.15) is 36.5 Å². The van der Waals surface area contributed by atoms with Crippen LogP contribution in [0.3, 0.4) is 0 Å². The minimum Gasteiger partial charge on any atom is -0.354 e. The van der Waals surface area contributed by atoms with E-state index in [2.05, 4.69) is 19.2 Å². The molecule has 26 heavy (non-hydrogen) atoms. The second kappa shape index (κ2) is 8.21. The highest BCUT2D eigenvalue weighted by Crippen LogP contribution is 2.27. The van der Waals surface area contributed by atoms with Crippen LogP contribution < -0.4 is 10.9 Å². The summed E-state index contributed by atoms with van der Waals surface area (Å²) in [6.07, 6.45) is -3.30. The summed E-state index contributed by atoms with van der Waals surface area (Å²) in [5.74, 6) is -0.0697. The number of amides is 1. The molecule has 2 rings (SSSR count). The maximum Gasteiger partial charge on any atom is 0.417 e. The molecule has 1 aromatic heterocycles. The minimum atomic E-state index is -4.56. The summed E-state index contributed by atoms with van der Waals surface area (Å²) >= 11 is 0. The van der Waals surface area contributed by atoms with Gasteiger partial charge in [0.25, 0.3) is 5.56 Å². The molecule has 0 aliphatic rings. The lowest BCUT2D eigenvalue weighted by molar-refractivity contribution is -0.138. The Bertz CT molecular complexity index is 809. The topological polar surface area (TPSA) is 51.1 Å². The molecule has 0 fully saturated rings. The number of carbonyl (C=O) groups excluding carboxylic acids is 1. The molecule has 0 unspecified atom stereocenters. The fourth-order valence-electron chi connectivity index (χ4n) is 2.45. The second-order valence-corrected chi connectivity index (χ2v) is 6.38. The highest BCUT2D eigenvalue weighted by molar-refractivity contribution is 5.75. The van der Waals surface area contributed by atoms with Crippen LogP contribution in [-0.2, 0) is 23.9 Å². The molecule has 1 amide bonds. The number of alkyl halides is 3. The van der Waals surface area contributed by atoms with E-state index in [0.29, 0.717) is 31.1 Å². The molecule has 0 saturated heterocycles. The highest BCUT2D eigenvalue weighted by atomic mass is 19.4. The third kappa shape index (κ3) is 5.47. The van der Waals surface area contributed by atoms with Crippen LogP contribution in [0, 0.1) is 0 Å². The van der Waals surface area contributed by atoms with E-state index in [0.717, 1.165) is 16.2 Å². The zero-order valence-corrected chi connectivity index (χ0v) is 14.6. The van der Waals surface area contributed by atoms with Gasteiger partial charge in [0.15, 0.2) is 0 Å². The molecular formula is C19H21F3N2O2. The van der Waals surface area contributed by atoms with Gasteiger partial charge in [-0.15, -0.1) is 0 Å². The number of halogens is 3. The molecular weight excluding hydrogens is 345 g/mol. The molecule has 0 aliphatic heterocycles. The van der Waals surface area contributed by atoms with Crippen molar-refractivity contribution in [2.24, 2.45) is 0 Å². The van der Waals surface area contributed by atoms with E-state index in [9.17, 15) is 22.8 Å². The van der Waals surface area contributed by atoms with Crippen LogP contribution in [0.4, 0.5) is 13.2 Å². The Labute approximate surface area is 149 Å². The average Bonchev–Trinajstić information content (AvgIpc) is 2.56. The lowest BCUT2D eigenvalue weighted by Crippen LogP contribution is -2.33. The molecule has 7 heteroatoms. The molecule has 4 nitrogen and oxygen atoms in total. The molecule has 0 atom stereocenters. The Kier molecular flexibility index (Phi) is 6.23. The van der Waals surface area contributed by atoms with Gasteiger partial charge in [0, 0.05) is 18.8 Å². The summed E-state index contributed by atoms with van der Waals surface area (Å²) in [6, 6.07) is 9.55. The first-order valence-corrected chi connectivity index (χ1v) is 8.30. The number of pyridine rings is 1. The van der Waals surface area contributed by atoms with E-state index < -0.39 is 29.8 Å². The largest absolute Gasteiger partial charge is 0.417 e. The van der Waals surface area contributed by atoms with Gasteiger partial charge in [0.1, 0.15) is 6.54 Å². The smallest absolute Gasteiger partial charge is 0.354 e. The second-order valence-electron chi connectivity index (χ2n) is 6.38. The van der Waals surface area contributed by atoms with Crippen molar-refractivity contribution in [2.75, 3.05) is 6.54 Å². The van der Waals surface area contributed by atoms with Gasteiger partial charge in [-0.05, 0) is 29.5 Å². The van der Waals surface area contributed by atoms with Crippen molar-refractivity contribution in [3.8, 4) is 0 Å². The summed E-state index contributed by atoms with van der Waals surface area (Å²) in [5.41, 5.74) is 0.653. The molecule has 2 aromatic rings. The molecule has 1 N–H and O–H groups in total. The van der Waals surface area contributed by atoms with Gasteiger partial charge in [-0.25, -0.2) is 0 Å². The predicted molar refractivity (Wildman–Crippen MR) is 92.9 cm³/mol. The molecule has 0 spiro atoms. The van der Waals surface area contributed by atoms with E-state index in [4.69, 9.17) is 0 Å². The number of rotatable bonds is 6. The lowest BCUT2D eigenvalue weighted by atomic mass is 10.0. The maximum atomic E-state index is 12.7. The normalized spacial score (nSPS) is 11.6. The van der Waals surface area contributed by atoms with Crippen LogP contribution >= 0.6 is 0 Å². The van der Waals surface area contributed by atoms with Crippen molar-refractivity contribution < 1.29 is 18.0 Å². The van der Waals surface area contributed by atoms with E-state index in [1.54, 1.807) is 0 Å². The third-order valence-electron chi connectivity index (χ3n) is 4.01. The molecule has 0 radical (unpaired) electrons. The summed E-state index contributed by atoms with van der Waals surface area (Å²) in [5, 5.41) is 2.62. The van der Waals surface area contributed by atoms with Crippen molar-refractivity contribution in [1.82, 2.24) is 9.88 Å². The number of aromatic nitrogens is 1. The number of carbonyl (C=O) groups is 1. The van der Waals surface area contributed by atoms with Crippen molar-refractivity contribution in [3.63, 3.8) is 0 Å². The van der Waals surface area contributed by atoms with Gasteiger partial charge >= 0.3 is 6.18 Å². The van der Waals surface area contributed by atoms with E-state index in [1.807, 2.05) is 24.3 Å². The molecule has 1 aromatic carbocycles. The van der Waals surface area contributed by atoms with Crippen LogP contribution in [0.2, 0.25) is 0 Å². The Hall–Kier alpha value is -2.57. The molecule has 0 saturated carbocycles. The van der Waals surface area contributed by atoms with Crippen molar-refractivity contribution in [3.05, 3.63) is 69.6 Å². The van der Waals surface area contributed by atoms with E-state index in [1.165, 1.54) is 5.56 Å². The Morgan fingerprint density at radius 1 is 1.12 bits per heavy atom. The lowest BCUT2D eigenvalue weighted by Gasteiger charge is -2.11. The van der Waals surface area contributed by atoms with Crippen molar-refractivity contribution >= 4 is 5.91 Å². The van der Waals surface area contributed by atoms with Crippen LogP contribution in [0.5, 0.6) is 0 Å². The predicted octanol–water partition coefficient (Wildman–Crippen LogP) is 3.35. The van der Waals surface area contributed by atoms with Crippen molar-refractivity contribution in [1.29, 1.82) is 0 Å². The maximum absolute atomic E-state index is 12.7. The van der Waals surface area contributed by atoms with Gasteiger partial charge in [-0.2, -0.15) is 13.2 Å². The quantitative estimate of drug-likeness (QED) is 0.852. The zero-order chi connectivity index (χ0) is 19.3. The minimum absolute atomic E-state index is 0.341. The first-order valence-electron chi connectivity index (χ1n) is 8.30. The number of hydrogen-bond donors (Lipinski definition) is 1. The summed E-state index contributed by atoms with van der Waals surface area (Å²) < 4.78 is 38.8. The average molecular weight is 366 g/mol. The molecule has 0 bridgehead atoms. The monoisotopic (exact) mass is 366 g/mol. The number of benzene rings is 1. The van der Waals surface area contributed by atoms with Gasteiger partial charge < -0.3 is 9.88 Å². The van der Waals surface area contributed by atoms with Gasteiger partial charge in [0.05, 0.1) is 5.56 Å². The molecule has 140 valence electrons. The van der Waals surface area contributed by atoms with Crippen LogP contribution in [0.15, 0.2) is 47.4 Å². The Morgan fingerprint density at radius 3 is 2.35 bits per heavy atom. The van der Waals surface area contributed by atoms with E-state index >= 15 is 0 Å². The summed E-state index contributed by atoms with van der Waals surface area (Å²) in [7, 11) is 0. The number of nitrogens with zero attached hydrogens (tertiary/aromatic N) is 1. The molecule has 0 aliphatic carbocycles. The third-order valence-corrected chi connectivity index (χ3v) is 4.01. The number of nitrogens with one attached hydrogen (secondary N) is 1. The highest BCUT2D eigenvalue weighted by Gasteiger charge is 2.31. The van der Waals surface area contributed by atoms with Crippen LogP contribution in [0.25, 0.3) is 0 Å². The SMILES string of the molecule is CC(C)c1ccc(CCNC(=O)Cn2cc(C(F)(F)F)ccc2=O)cc1. The standard InChI is InChI=1S/C19H21F3N2O2/c1-13(2)15-5-3-14(4-6-15)9-10-23-17(25)12-24-11-16(19(20,21)22)7-8-18(24)26/h3-8,11,13H,9-10,12H2,1-2H3,(H,23,25). The Morgan fingerprint density at radius 2 is 1.77 bits per heavy atom. The number of hydrogen-bond acceptors (Lipinski definition) is 2. The van der Waals surface area contributed by atoms with Crippen molar-refractivity contribution in [2.45, 2.75) is 38.9 Å². The first-order chi connectivity index (χ1) is 12.2.